The Morgan fingerprint density at radius 3 is 2.22 bits per heavy atom. The molecule has 1 fully saturated rings. The summed E-state index contributed by atoms with van der Waals surface area (Å²) in [4.78, 5) is 0. The molecule has 0 atom stereocenters. The van der Waals surface area contributed by atoms with E-state index in [1.165, 1.54) is 11.1 Å². The summed E-state index contributed by atoms with van der Waals surface area (Å²) in [6.07, 6.45) is 2.48. The molecule has 18 heavy (non-hydrogen) atoms. The first-order valence-corrected chi connectivity index (χ1v) is 6.67. The molecule has 2 nitrogen and oxygen atoms in total. The highest BCUT2D eigenvalue weighted by atomic mass is 16.5. The second-order valence-corrected chi connectivity index (χ2v) is 6.61. The van der Waals surface area contributed by atoms with E-state index in [-0.39, 0.29) is 11.5 Å². The average Bonchev–Trinajstić information content (AvgIpc) is 2.25. The standard InChI is InChI=1S/C16H24O2/c1-15(2,3)13-7-5-12(6-8-13)9-16(17)10-14(11-16)18-4/h5-8,14,17H,9-11H2,1-4H3. The van der Waals surface area contributed by atoms with Gasteiger partial charge in [0, 0.05) is 26.4 Å². The molecule has 0 unspecified atom stereocenters. The largest absolute Gasteiger partial charge is 0.389 e. The molecule has 1 aromatic carbocycles. The predicted molar refractivity (Wildman–Crippen MR) is 73.8 cm³/mol. The Balaban J connectivity index is 1.99. The molecule has 0 saturated heterocycles. The van der Waals surface area contributed by atoms with E-state index in [9.17, 15) is 5.11 Å². The van der Waals surface area contributed by atoms with Crippen molar-refractivity contribution in [3.05, 3.63) is 35.4 Å². The topological polar surface area (TPSA) is 29.5 Å². The van der Waals surface area contributed by atoms with Crippen LogP contribution in [0.2, 0.25) is 0 Å². The Bertz CT molecular complexity index is 394. The van der Waals surface area contributed by atoms with E-state index < -0.39 is 5.60 Å². The average molecular weight is 248 g/mol. The molecule has 1 saturated carbocycles. The quantitative estimate of drug-likeness (QED) is 0.891. The van der Waals surface area contributed by atoms with Gasteiger partial charge in [0.05, 0.1) is 11.7 Å². The summed E-state index contributed by atoms with van der Waals surface area (Å²) in [5.41, 5.74) is 2.18. The Morgan fingerprint density at radius 1 is 1.22 bits per heavy atom. The van der Waals surface area contributed by atoms with Gasteiger partial charge in [-0.1, -0.05) is 45.0 Å². The lowest BCUT2D eigenvalue weighted by molar-refractivity contribution is -0.126. The molecule has 0 heterocycles. The monoisotopic (exact) mass is 248 g/mol. The van der Waals surface area contributed by atoms with Crippen molar-refractivity contribution in [3.8, 4) is 0 Å². The van der Waals surface area contributed by atoms with E-state index in [4.69, 9.17) is 4.74 Å². The molecular weight excluding hydrogens is 224 g/mol. The Morgan fingerprint density at radius 2 is 1.78 bits per heavy atom. The van der Waals surface area contributed by atoms with Gasteiger partial charge in [-0.3, -0.25) is 0 Å². The van der Waals surface area contributed by atoms with Crippen LogP contribution >= 0.6 is 0 Å². The number of ether oxygens (including phenoxy) is 1. The number of benzene rings is 1. The van der Waals surface area contributed by atoms with Crippen molar-refractivity contribution in [2.75, 3.05) is 7.11 Å². The van der Waals surface area contributed by atoms with Crippen molar-refractivity contribution < 1.29 is 9.84 Å². The molecule has 0 spiro atoms. The Labute approximate surface area is 110 Å². The first-order chi connectivity index (χ1) is 8.32. The third-order valence-corrected chi connectivity index (χ3v) is 3.90. The molecule has 0 radical (unpaired) electrons. The van der Waals surface area contributed by atoms with E-state index in [0.29, 0.717) is 0 Å². The first kappa shape index (κ1) is 13.6. The summed E-state index contributed by atoms with van der Waals surface area (Å²) in [7, 11) is 1.71. The van der Waals surface area contributed by atoms with Gasteiger partial charge >= 0.3 is 0 Å². The zero-order chi connectivity index (χ0) is 13.4. The van der Waals surface area contributed by atoms with Crippen LogP contribution in [0.25, 0.3) is 0 Å². The second kappa shape index (κ2) is 4.67. The maximum absolute atomic E-state index is 10.3. The van der Waals surface area contributed by atoms with Gasteiger partial charge in [0.15, 0.2) is 0 Å². The van der Waals surface area contributed by atoms with Crippen LogP contribution in [0, 0.1) is 0 Å². The van der Waals surface area contributed by atoms with E-state index in [0.717, 1.165) is 19.3 Å². The number of aliphatic hydroxyl groups is 1. The second-order valence-electron chi connectivity index (χ2n) is 6.61. The molecule has 2 heteroatoms. The lowest BCUT2D eigenvalue weighted by Gasteiger charge is -2.43. The lowest BCUT2D eigenvalue weighted by Crippen LogP contribution is -2.49. The van der Waals surface area contributed by atoms with E-state index in [1.54, 1.807) is 7.11 Å². The van der Waals surface area contributed by atoms with Gasteiger partial charge in [-0.2, -0.15) is 0 Å². The zero-order valence-electron chi connectivity index (χ0n) is 11.9. The first-order valence-electron chi connectivity index (χ1n) is 6.67. The lowest BCUT2D eigenvalue weighted by atomic mass is 9.73. The van der Waals surface area contributed by atoms with Gasteiger partial charge in [0.2, 0.25) is 0 Å². The fourth-order valence-corrected chi connectivity index (χ4v) is 2.60. The zero-order valence-corrected chi connectivity index (χ0v) is 11.9. The van der Waals surface area contributed by atoms with Crippen molar-refractivity contribution >= 4 is 0 Å². The highest BCUT2D eigenvalue weighted by Crippen LogP contribution is 2.37. The molecule has 2 rings (SSSR count). The van der Waals surface area contributed by atoms with Gasteiger partial charge in [-0.05, 0) is 16.5 Å². The predicted octanol–water partition coefficient (Wildman–Crippen LogP) is 3.07. The summed E-state index contributed by atoms with van der Waals surface area (Å²) >= 11 is 0. The molecule has 1 aliphatic carbocycles. The van der Waals surface area contributed by atoms with Gasteiger partial charge < -0.3 is 9.84 Å². The van der Waals surface area contributed by atoms with E-state index >= 15 is 0 Å². The summed E-state index contributed by atoms with van der Waals surface area (Å²) in [6, 6.07) is 8.62. The fraction of sp³-hybridized carbons (Fsp3) is 0.625. The Hall–Kier alpha value is -0.860. The fourth-order valence-electron chi connectivity index (χ4n) is 2.60. The summed E-state index contributed by atoms with van der Waals surface area (Å²) in [5, 5.41) is 10.3. The summed E-state index contributed by atoms with van der Waals surface area (Å²) < 4.78 is 5.22. The van der Waals surface area contributed by atoms with Crippen LogP contribution in [0.4, 0.5) is 0 Å². The highest BCUT2D eigenvalue weighted by molar-refractivity contribution is 5.28. The van der Waals surface area contributed by atoms with Crippen LogP contribution in [0.3, 0.4) is 0 Å². The molecule has 100 valence electrons. The molecular formula is C16H24O2. The molecule has 0 bridgehead atoms. The molecule has 1 aliphatic rings. The van der Waals surface area contributed by atoms with Crippen molar-refractivity contribution in [2.24, 2.45) is 0 Å². The minimum Gasteiger partial charge on any atom is -0.389 e. The third kappa shape index (κ3) is 2.93. The number of rotatable bonds is 3. The minimum atomic E-state index is -0.552. The Kier molecular flexibility index (Phi) is 3.52. The molecule has 1 aromatic rings. The molecule has 0 aliphatic heterocycles. The van der Waals surface area contributed by atoms with Crippen LogP contribution in [0.15, 0.2) is 24.3 Å². The van der Waals surface area contributed by atoms with Crippen molar-refractivity contribution in [1.82, 2.24) is 0 Å². The van der Waals surface area contributed by atoms with Crippen LogP contribution in [0.5, 0.6) is 0 Å². The highest BCUT2D eigenvalue weighted by Gasteiger charge is 2.42. The maximum Gasteiger partial charge on any atom is 0.0737 e. The van der Waals surface area contributed by atoms with Crippen LogP contribution in [0.1, 0.15) is 44.7 Å². The summed E-state index contributed by atoms with van der Waals surface area (Å²) in [6.45, 7) is 6.64. The van der Waals surface area contributed by atoms with Gasteiger partial charge in [-0.15, -0.1) is 0 Å². The SMILES string of the molecule is COC1CC(O)(Cc2ccc(C(C)(C)C)cc2)C1. The maximum atomic E-state index is 10.3. The van der Waals surface area contributed by atoms with Crippen LogP contribution < -0.4 is 0 Å². The van der Waals surface area contributed by atoms with Crippen LogP contribution in [-0.4, -0.2) is 23.9 Å². The van der Waals surface area contributed by atoms with E-state index in [1.807, 2.05) is 0 Å². The minimum absolute atomic E-state index is 0.188. The van der Waals surface area contributed by atoms with E-state index in [2.05, 4.69) is 45.0 Å². The van der Waals surface area contributed by atoms with Crippen molar-refractivity contribution in [1.29, 1.82) is 0 Å². The van der Waals surface area contributed by atoms with Gasteiger partial charge in [-0.25, -0.2) is 0 Å². The third-order valence-electron chi connectivity index (χ3n) is 3.90. The van der Waals surface area contributed by atoms with Gasteiger partial charge in [0.25, 0.3) is 0 Å². The van der Waals surface area contributed by atoms with Crippen molar-refractivity contribution in [3.63, 3.8) is 0 Å². The van der Waals surface area contributed by atoms with Crippen molar-refractivity contribution in [2.45, 2.75) is 57.2 Å². The smallest absolute Gasteiger partial charge is 0.0737 e. The number of hydrogen-bond donors (Lipinski definition) is 1. The number of methoxy groups -OCH3 is 1. The normalized spacial score (nSPS) is 27.9. The summed E-state index contributed by atoms with van der Waals surface area (Å²) in [5.74, 6) is 0. The molecule has 0 aromatic heterocycles. The number of hydrogen-bond acceptors (Lipinski definition) is 2. The van der Waals surface area contributed by atoms with Crippen LogP contribution in [-0.2, 0) is 16.6 Å². The van der Waals surface area contributed by atoms with Gasteiger partial charge in [0.1, 0.15) is 0 Å². The molecule has 1 N–H and O–H groups in total. The molecule has 0 amide bonds.